The molecule has 100 valence electrons. The number of hydrogen-bond acceptors (Lipinski definition) is 2. The van der Waals surface area contributed by atoms with Crippen molar-refractivity contribution in [3.8, 4) is 5.75 Å². The number of aryl methyl sites for hydroxylation is 1. The molecule has 1 N–H and O–H groups in total. The van der Waals surface area contributed by atoms with E-state index in [0.29, 0.717) is 24.6 Å². The first-order valence-electron chi connectivity index (χ1n) is 5.93. The minimum atomic E-state index is -0.976. The summed E-state index contributed by atoms with van der Waals surface area (Å²) in [5, 5.41) is 9.43. The largest absolute Gasteiger partial charge is 0.494 e. The van der Waals surface area contributed by atoms with Crippen molar-refractivity contribution in [2.75, 3.05) is 6.61 Å². The van der Waals surface area contributed by atoms with Crippen LogP contribution >= 0.6 is 11.6 Å². The first-order valence-corrected chi connectivity index (χ1v) is 6.31. The summed E-state index contributed by atoms with van der Waals surface area (Å²) in [5.41, 5.74) is 0.199. The number of aromatic carboxylic acids is 1. The van der Waals surface area contributed by atoms with Crippen LogP contribution in [0.1, 0.15) is 16.9 Å². The van der Waals surface area contributed by atoms with Gasteiger partial charge >= 0.3 is 5.97 Å². The van der Waals surface area contributed by atoms with Gasteiger partial charge in [0.05, 0.1) is 11.6 Å². The maximum Gasteiger partial charge on any atom is 0.352 e. The van der Waals surface area contributed by atoms with Gasteiger partial charge in [-0.25, -0.2) is 4.79 Å². The van der Waals surface area contributed by atoms with E-state index < -0.39 is 5.97 Å². The second-order valence-corrected chi connectivity index (χ2v) is 4.49. The van der Waals surface area contributed by atoms with E-state index in [0.717, 1.165) is 5.75 Å². The minimum absolute atomic E-state index is 0.199. The van der Waals surface area contributed by atoms with Crippen LogP contribution in [0.3, 0.4) is 0 Å². The van der Waals surface area contributed by atoms with Gasteiger partial charge in [0.2, 0.25) is 0 Å². The van der Waals surface area contributed by atoms with Crippen LogP contribution in [0.2, 0.25) is 5.02 Å². The van der Waals surface area contributed by atoms with E-state index in [1.807, 2.05) is 30.3 Å². The van der Waals surface area contributed by atoms with Crippen molar-refractivity contribution in [3.63, 3.8) is 0 Å². The monoisotopic (exact) mass is 279 g/mol. The predicted molar refractivity (Wildman–Crippen MR) is 73.0 cm³/mol. The third-order valence-electron chi connectivity index (χ3n) is 2.64. The molecular weight excluding hydrogens is 266 g/mol. The van der Waals surface area contributed by atoms with Crippen LogP contribution in [-0.2, 0) is 6.54 Å². The highest BCUT2D eigenvalue weighted by atomic mass is 35.5. The Labute approximate surface area is 116 Å². The molecule has 0 radical (unpaired) electrons. The van der Waals surface area contributed by atoms with Crippen molar-refractivity contribution in [3.05, 3.63) is 53.3 Å². The van der Waals surface area contributed by atoms with Crippen LogP contribution in [0, 0.1) is 0 Å². The van der Waals surface area contributed by atoms with E-state index in [2.05, 4.69) is 0 Å². The van der Waals surface area contributed by atoms with E-state index in [4.69, 9.17) is 21.4 Å². The molecule has 0 saturated carbocycles. The fraction of sp³-hybridized carbons (Fsp3) is 0.214. The third kappa shape index (κ3) is 3.76. The topological polar surface area (TPSA) is 51.5 Å². The van der Waals surface area contributed by atoms with Crippen molar-refractivity contribution in [1.29, 1.82) is 0 Å². The second-order valence-electron chi connectivity index (χ2n) is 4.06. The van der Waals surface area contributed by atoms with Crippen molar-refractivity contribution in [2.24, 2.45) is 0 Å². The molecule has 0 bridgehead atoms. The number of carboxylic acid groups (broad SMARTS) is 1. The number of carboxylic acids is 1. The summed E-state index contributed by atoms with van der Waals surface area (Å²) in [4.78, 5) is 11.0. The maximum absolute atomic E-state index is 11.0. The molecule has 19 heavy (non-hydrogen) atoms. The zero-order valence-electron chi connectivity index (χ0n) is 10.3. The molecule has 0 aliphatic carbocycles. The molecule has 2 aromatic rings. The number of aromatic nitrogens is 1. The molecule has 1 aromatic carbocycles. The molecule has 5 heteroatoms. The summed E-state index contributed by atoms with van der Waals surface area (Å²) in [6.07, 6.45) is 2.33. The average molecular weight is 280 g/mol. The van der Waals surface area contributed by atoms with Gasteiger partial charge in [0.15, 0.2) is 0 Å². The number of nitrogens with zero attached hydrogens (tertiary/aromatic N) is 1. The smallest absolute Gasteiger partial charge is 0.352 e. The van der Waals surface area contributed by atoms with Gasteiger partial charge in [-0.15, -0.1) is 0 Å². The van der Waals surface area contributed by atoms with Crippen LogP contribution in [0.4, 0.5) is 0 Å². The average Bonchev–Trinajstić information content (AvgIpc) is 2.77. The molecule has 0 atom stereocenters. The van der Waals surface area contributed by atoms with Crippen molar-refractivity contribution < 1.29 is 14.6 Å². The summed E-state index contributed by atoms with van der Waals surface area (Å²) in [5.74, 6) is -0.164. The number of hydrogen-bond donors (Lipinski definition) is 1. The van der Waals surface area contributed by atoms with E-state index >= 15 is 0 Å². The fourth-order valence-electron chi connectivity index (χ4n) is 1.78. The maximum atomic E-state index is 11.0. The summed E-state index contributed by atoms with van der Waals surface area (Å²) < 4.78 is 7.17. The Bertz CT molecular complexity index is 551. The van der Waals surface area contributed by atoms with Crippen molar-refractivity contribution in [2.45, 2.75) is 13.0 Å². The number of carbonyl (C=O) groups is 1. The molecule has 4 nitrogen and oxygen atoms in total. The van der Waals surface area contributed by atoms with Gasteiger partial charge in [-0.1, -0.05) is 29.8 Å². The SMILES string of the molecule is O=C(O)c1cc(Cl)cn1CCCOc1ccccc1. The van der Waals surface area contributed by atoms with Crippen molar-refractivity contribution in [1.82, 2.24) is 4.57 Å². The molecule has 0 unspecified atom stereocenters. The standard InChI is InChI=1S/C14H14ClNO3/c15-11-9-13(14(17)18)16(10-11)7-4-8-19-12-5-2-1-3-6-12/h1-3,5-6,9-10H,4,7-8H2,(H,17,18). The van der Waals surface area contributed by atoms with Crippen LogP contribution < -0.4 is 4.74 Å². The van der Waals surface area contributed by atoms with Gasteiger partial charge in [-0.3, -0.25) is 0 Å². The molecule has 0 fully saturated rings. The summed E-state index contributed by atoms with van der Waals surface area (Å²) >= 11 is 5.80. The highest BCUT2D eigenvalue weighted by Gasteiger charge is 2.11. The Hall–Kier alpha value is -1.94. The normalized spacial score (nSPS) is 10.4. The number of para-hydroxylation sites is 1. The molecular formula is C14H14ClNO3. The van der Waals surface area contributed by atoms with Gasteiger partial charge in [-0.05, 0) is 24.6 Å². The zero-order valence-corrected chi connectivity index (χ0v) is 11.0. The van der Waals surface area contributed by atoms with E-state index in [9.17, 15) is 4.79 Å². The second kappa shape index (κ2) is 6.29. The lowest BCUT2D eigenvalue weighted by molar-refractivity contribution is 0.0684. The first kappa shape index (κ1) is 13.5. The third-order valence-corrected chi connectivity index (χ3v) is 2.84. The lowest BCUT2D eigenvalue weighted by Gasteiger charge is -2.08. The minimum Gasteiger partial charge on any atom is -0.494 e. The van der Waals surface area contributed by atoms with Crippen LogP contribution in [0.15, 0.2) is 42.6 Å². The lowest BCUT2D eigenvalue weighted by atomic mass is 10.3. The fourth-order valence-corrected chi connectivity index (χ4v) is 2.00. The molecule has 1 aromatic heterocycles. The number of ether oxygens (including phenoxy) is 1. The Morgan fingerprint density at radius 3 is 2.74 bits per heavy atom. The van der Waals surface area contributed by atoms with Crippen LogP contribution in [0.5, 0.6) is 5.75 Å². The summed E-state index contributed by atoms with van der Waals surface area (Å²) in [6, 6.07) is 11.0. The number of benzene rings is 1. The number of halogens is 1. The van der Waals surface area contributed by atoms with Gasteiger partial charge in [0.1, 0.15) is 11.4 Å². The van der Waals surface area contributed by atoms with E-state index in [1.54, 1.807) is 10.8 Å². The zero-order chi connectivity index (χ0) is 13.7. The van der Waals surface area contributed by atoms with Crippen molar-refractivity contribution >= 4 is 17.6 Å². The summed E-state index contributed by atoms with van der Waals surface area (Å²) in [6.45, 7) is 1.08. The molecule has 0 aliphatic heterocycles. The van der Waals surface area contributed by atoms with Crippen LogP contribution in [-0.4, -0.2) is 22.2 Å². The van der Waals surface area contributed by atoms with E-state index in [-0.39, 0.29) is 5.69 Å². The Morgan fingerprint density at radius 1 is 1.32 bits per heavy atom. The Morgan fingerprint density at radius 2 is 2.05 bits per heavy atom. The molecule has 0 saturated heterocycles. The first-order chi connectivity index (χ1) is 9.16. The summed E-state index contributed by atoms with van der Waals surface area (Å²) in [7, 11) is 0. The molecule has 2 rings (SSSR count). The highest BCUT2D eigenvalue weighted by Crippen LogP contribution is 2.15. The predicted octanol–water partition coefficient (Wildman–Crippen LogP) is 3.31. The lowest BCUT2D eigenvalue weighted by Crippen LogP contribution is -2.10. The van der Waals surface area contributed by atoms with Gasteiger partial charge < -0.3 is 14.4 Å². The highest BCUT2D eigenvalue weighted by molar-refractivity contribution is 6.30. The van der Waals surface area contributed by atoms with Gasteiger partial charge in [-0.2, -0.15) is 0 Å². The molecule has 0 amide bonds. The molecule has 0 aliphatic rings. The Balaban J connectivity index is 1.84. The quantitative estimate of drug-likeness (QED) is 0.826. The van der Waals surface area contributed by atoms with Gasteiger partial charge in [0.25, 0.3) is 0 Å². The van der Waals surface area contributed by atoms with E-state index in [1.165, 1.54) is 6.07 Å². The molecule has 1 heterocycles. The number of rotatable bonds is 6. The van der Waals surface area contributed by atoms with Gasteiger partial charge in [0, 0.05) is 12.7 Å². The Kier molecular flexibility index (Phi) is 4.47. The molecule has 0 spiro atoms. The van der Waals surface area contributed by atoms with Crippen LogP contribution in [0.25, 0.3) is 0 Å².